The third-order valence-corrected chi connectivity index (χ3v) is 5.49. The van der Waals surface area contributed by atoms with E-state index in [9.17, 15) is 19.5 Å². The summed E-state index contributed by atoms with van der Waals surface area (Å²) in [6.07, 6.45) is 0.644. The maximum Gasteiger partial charge on any atom is 0.254 e. The third-order valence-electron chi connectivity index (χ3n) is 5.49. The second kappa shape index (κ2) is 7.62. The summed E-state index contributed by atoms with van der Waals surface area (Å²) in [6.45, 7) is 9.30. The molecule has 0 spiro atoms. The van der Waals surface area contributed by atoms with Gasteiger partial charge in [0, 0.05) is 48.5 Å². The smallest absolute Gasteiger partial charge is 0.254 e. The number of allylic oxidation sites excluding steroid dienone is 4. The van der Waals surface area contributed by atoms with Crippen LogP contribution in [0.4, 0.5) is 0 Å². The lowest BCUT2D eigenvalue weighted by Crippen LogP contribution is -2.54. The van der Waals surface area contributed by atoms with Crippen molar-refractivity contribution in [2.75, 3.05) is 26.2 Å². The molecule has 1 fully saturated rings. The summed E-state index contributed by atoms with van der Waals surface area (Å²) in [5.74, 6) is -0.559. The molecule has 0 saturated carbocycles. The van der Waals surface area contributed by atoms with Crippen LogP contribution >= 0.6 is 0 Å². The quantitative estimate of drug-likeness (QED) is 0.728. The van der Waals surface area contributed by atoms with Crippen LogP contribution < -0.4 is 5.32 Å². The molecule has 6 nitrogen and oxygen atoms in total. The van der Waals surface area contributed by atoms with Crippen molar-refractivity contribution in [3.8, 4) is 0 Å². The van der Waals surface area contributed by atoms with Crippen molar-refractivity contribution >= 4 is 17.5 Å². The molecule has 1 atom stereocenters. The van der Waals surface area contributed by atoms with Gasteiger partial charge >= 0.3 is 0 Å². The minimum absolute atomic E-state index is 0.124. The van der Waals surface area contributed by atoms with E-state index in [1.807, 2.05) is 0 Å². The van der Waals surface area contributed by atoms with E-state index in [-0.39, 0.29) is 36.7 Å². The number of carbonyl (C=O) groups excluding carboxylic acids is 3. The highest BCUT2D eigenvalue weighted by molar-refractivity contribution is 6.24. The molecular weight excluding hydrogens is 320 g/mol. The molecule has 1 heterocycles. The lowest BCUT2D eigenvalue weighted by molar-refractivity contribution is -0.153. The number of nitrogens with one attached hydrogen (secondary N) is 1. The molecule has 1 unspecified atom stereocenters. The Morgan fingerprint density at radius 3 is 2.20 bits per heavy atom. The summed E-state index contributed by atoms with van der Waals surface area (Å²) in [5, 5.41) is 14.1. The molecular formula is C19H28N2O4. The predicted molar refractivity (Wildman–Crippen MR) is 95.0 cm³/mol. The Bertz CT molecular complexity index is 656. The number of ketones is 2. The second-order valence-electron chi connectivity index (χ2n) is 6.94. The Kier molecular flexibility index (Phi) is 5.95. The first-order valence-corrected chi connectivity index (χ1v) is 8.92. The largest absolute Gasteiger partial charge is 0.380 e. The van der Waals surface area contributed by atoms with Gasteiger partial charge < -0.3 is 15.3 Å². The van der Waals surface area contributed by atoms with Gasteiger partial charge in [0.05, 0.1) is 0 Å². The Hall–Kier alpha value is -1.79. The summed E-state index contributed by atoms with van der Waals surface area (Å²) in [4.78, 5) is 39.2. The number of Topliss-reactive ketones (excluding diaryl/α,β-unsaturated/α-hetero) is 2. The molecule has 1 amide bonds. The number of hydrogen-bond acceptors (Lipinski definition) is 5. The van der Waals surface area contributed by atoms with Crippen LogP contribution in [-0.4, -0.2) is 59.3 Å². The number of hydrogen-bond donors (Lipinski definition) is 2. The first-order chi connectivity index (χ1) is 11.7. The zero-order chi connectivity index (χ0) is 18.8. The standard InChI is InChI=1S/C19H28N2O4/c1-5-19(25,18(24)21-10-8-20-9-11-21)7-6-15-14(4)16(22)12(2)13(3)17(15)23/h20,25H,5-11H2,1-4H3. The molecule has 0 aromatic rings. The SMILES string of the molecule is CCC(O)(CCC1=C(C)C(=O)C(C)=C(C)C1=O)C(=O)N1CCNCC1. The molecule has 1 saturated heterocycles. The van der Waals surface area contributed by atoms with Gasteiger partial charge in [0.1, 0.15) is 5.60 Å². The molecule has 0 bridgehead atoms. The Morgan fingerprint density at radius 1 is 1.08 bits per heavy atom. The fraction of sp³-hybridized carbons (Fsp3) is 0.632. The second-order valence-corrected chi connectivity index (χ2v) is 6.94. The van der Waals surface area contributed by atoms with Crippen molar-refractivity contribution in [1.29, 1.82) is 0 Å². The average Bonchev–Trinajstić information content (AvgIpc) is 2.64. The fourth-order valence-electron chi connectivity index (χ4n) is 3.39. The van der Waals surface area contributed by atoms with E-state index in [1.165, 1.54) is 0 Å². The minimum Gasteiger partial charge on any atom is -0.380 e. The maximum absolute atomic E-state index is 12.7. The van der Waals surface area contributed by atoms with E-state index in [4.69, 9.17) is 0 Å². The van der Waals surface area contributed by atoms with Gasteiger partial charge in [-0.15, -0.1) is 0 Å². The summed E-state index contributed by atoms with van der Waals surface area (Å²) < 4.78 is 0. The van der Waals surface area contributed by atoms with Crippen molar-refractivity contribution in [3.05, 3.63) is 22.3 Å². The van der Waals surface area contributed by atoms with Crippen LogP contribution in [0.15, 0.2) is 22.3 Å². The lowest BCUT2D eigenvalue weighted by Gasteiger charge is -2.35. The average molecular weight is 348 g/mol. The van der Waals surface area contributed by atoms with Gasteiger partial charge in [0.2, 0.25) is 0 Å². The number of carbonyl (C=O) groups is 3. The molecule has 25 heavy (non-hydrogen) atoms. The topological polar surface area (TPSA) is 86.7 Å². The molecule has 138 valence electrons. The molecule has 0 aromatic heterocycles. The van der Waals surface area contributed by atoms with Crippen LogP contribution in [0.25, 0.3) is 0 Å². The van der Waals surface area contributed by atoms with Crippen LogP contribution in [0.1, 0.15) is 47.0 Å². The summed E-state index contributed by atoms with van der Waals surface area (Å²) in [5.41, 5.74) is 0.292. The van der Waals surface area contributed by atoms with Crippen LogP contribution in [0.3, 0.4) is 0 Å². The first kappa shape index (κ1) is 19.5. The molecule has 0 radical (unpaired) electrons. The zero-order valence-corrected chi connectivity index (χ0v) is 15.6. The van der Waals surface area contributed by atoms with Crippen LogP contribution in [-0.2, 0) is 14.4 Å². The first-order valence-electron chi connectivity index (χ1n) is 8.92. The van der Waals surface area contributed by atoms with Crippen molar-refractivity contribution < 1.29 is 19.5 Å². The Labute approximate surface area is 149 Å². The van der Waals surface area contributed by atoms with E-state index in [0.29, 0.717) is 48.5 Å². The minimum atomic E-state index is -1.50. The van der Waals surface area contributed by atoms with Gasteiger partial charge in [-0.2, -0.15) is 0 Å². The number of aliphatic hydroxyl groups is 1. The van der Waals surface area contributed by atoms with E-state index in [0.717, 1.165) is 0 Å². The highest BCUT2D eigenvalue weighted by Crippen LogP contribution is 2.30. The molecule has 2 N–H and O–H groups in total. The van der Waals surface area contributed by atoms with Crippen LogP contribution in [0.5, 0.6) is 0 Å². The molecule has 1 aliphatic carbocycles. The molecule has 0 aromatic carbocycles. The van der Waals surface area contributed by atoms with Gasteiger partial charge in [0.25, 0.3) is 5.91 Å². The van der Waals surface area contributed by atoms with Crippen LogP contribution in [0.2, 0.25) is 0 Å². The predicted octanol–water partition coefficient (Wildman–Crippen LogP) is 1.14. The van der Waals surface area contributed by atoms with Crippen molar-refractivity contribution in [3.63, 3.8) is 0 Å². The van der Waals surface area contributed by atoms with E-state index < -0.39 is 5.60 Å². The number of rotatable bonds is 5. The highest BCUT2D eigenvalue weighted by Gasteiger charge is 2.39. The molecule has 2 rings (SSSR count). The van der Waals surface area contributed by atoms with Gasteiger partial charge in [-0.25, -0.2) is 0 Å². The summed E-state index contributed by atoms with van der Waals surface area (Å²) in [6, 6.07) is 0. The molecule has 6 heteroatoms. The third kappa shape index (κ3) is 3.75. The summed E-state index contributed by atoms with van der Waals surface area (Å²) >= 11 is 0. The number of piperazine rings is 1. The van der Waals surface area contributed by atoms with Crippen molar-refractivity contribution in [2.45, 2.75) is 52.6 Å². The number of nitrogens with zero attached hydrogens (tertiary/aromatic N) is 1. The Morgan fingerprint density at radius 2 is 1.64 bits per heavy atom. The molecule has 1 aliphatic heterocycles. The van der Waals surface area contributed by atoms with E-state index in [1.54, 1.807) is 32.6 Å². The maximum atomic E-state index is 12.7. The summed E-state index contributed by atoms with van der Waals surface area (Å²) in [7, 11) is 0. The fourth-order valence-corrected chi connectivity index (χ4v) is 3.39. The monoisotopic (exact) mass is 348 g/mol. The van der Waals surface area contributed by atoms with Gasteiger partial charge in [-0.1, -0.05) is 6.92 Å². The van der Waals surface area contributed by atoms with Gasteiger partial charge in [0.15, 0.2) is 11.6 Å². The highest BCUT2D eigenvalue weighted by atomic mass is 16.3. The number of amides is 1. The van der Waals surface area contributed by atoms with Gasteiger partial charge in [-0.3, -0.25) is 14.4 Å². The normalized spacial score (nSPS) is 21.7. The van der Waals surface area contributed by atoms with E-state index >= 15 is 0 Å². The van der Waals surface area contributed by atoms with Crippen LogP contribution in [0, 0.1) is 0 Å². The zero-order valence-electron chi connectivity index (χ0n) is 15.6. The van der Waals surface area contributed by atoms with Gasteiger partial charge in [-0.05, 0) is 40.0 Å². The molecule has 2 aliphatic rings. The lowest BCUT2D eigenvalue weighted by atomic mass is 9.81. The van der Waals surface area contributed by atoms with Crippen molar-refractivity contribution in [1.82, 2.24) is 10.2 Å². The van der Waals surface area contributed by atoms with Crippen molar-refractivity contribution in [2.24, 2.45) is 0 Å². The Balaban J connectivity index is 2.15. The van der Waals surface area contributed by atoms with E-state index in [2.05, 4.69) is 5.32 Å².